The molecule has 0 bridgehead atoms. The van der Waals surface area contributed by atoms with Gasteiger partial charge in [0.2, 0.25) is 0 Å². The molecule has 0 saturated heterocycles. The lowest BCUT2D eigenvalue weighted by Crippen LogP contribution is -2.09. The molecule has 2 aromatic heterocycles. The van der Waals surface area contributed by atoms with Crippen LogP contribution in [0.5, 0.6) is 0 Å². The van der Waals surface area contributed by atoms with Crippen molar-refractivity contribution in [1.82, 2.24) is 19.8 Å². The summed E-state index contributed by atoms with van der Waals surface area (Å²) in [6.07, 6.45) is -3.53. The standard InChI is InChI=1S/C12H6F3N5O2/c13-12(14,15)8-5-7(1-3-10(8)20(21)22)9-2-4-11-17-16-6-19(11)18-9/h1-6H. The first-order valence-electron chi connectivity index (χ1n) is 5.89. The minimum absolute atomic E-state index is 0.105. The summed E-state index contributed by atoms with van der Waals surface area (Å²) in [7, 11) is 0. The van der Waals surface area contributed by atoms with Crippen molar-refractivity contribution < 1.29 is 18.1 Å². The van der Waals surface area contributed by atoms with Gasteiger partial charge in [-0.25, -0.2) is 0 Å². The summed E-state index contributed by atoms with van der Waals surface area (Å²) in [5.74, 6) is 0. The Hall–Kier alpha value is -3.04. The molecule has 1 aromatic carbocycles. The van der Waals surface area contributed by atoms with Crippen molar-refractivity contribution in [3.05, 3.63) is 52.3 Å². The number of rotatable bonds is 2. The van der Waals surface area contributed by atoms with E-state index in [9.17, 15) is 23.3 Å². The zero-order chi connectivity index (χ0) is 15.9. The quantitative estimate of drug-likeness (QED) is 0.536. The van der Waals surface area contributed by atoms with Gasteiger partial charge in [-0.15, -0.1) is 10.2 Å². The molecule has 112 valence electrons. The van der Waals surface area contributed by atoms with Gasteiger partial charge in [-0.3, -0.25) is 10.1 Å². The van der Waals surface area contributed by atoms with E-state index in [2.05, 4.69) is 15.3 Å². The maximum Gasteiger partial charge on any atom is 0.423 e. The van der Waals surface area contributed by atoms with Crippen LogP contribution in [-0.2, 0) is 6.18 Å². The van der Waals surface area contributed by atoms with Crippen LogP contribution in [0.2, 0.25) is 0 Å². The van der Waals surface area contributed by atoms with Gasteiger partial charge in [0.1, 0.15) is 11.9 Å². The smallest absolute Gasteiger partial charge is 0.258 e. The van der Waals surface area contributed by atoms with Crippen LogP contribution in [0.4, 0.5) is 18.9 Å². The summed E-state index contributed by atoms with van der Waals surface area (Å²) in [4.78, 5) is 9.66. The molecule has 0 aliphatic heterocycles. The molecule has 3 rings (SSSR count). The van der Waals surface area contributed by atoms with Gasteiger partial charge in [0.05, 0.1) is 10.6 Å². The second-order valence-corrected chi connectivity index (χ2v) is 4.34. The van der Waals surface area contributed by atoms with Crippen LogP contribution in [-0.4, -0.2) is 24.7 Å². The average Bonchev–Trinajstić information content (AvgIpc) is 2.93. The Balaban J connectivity index is 2.17. The third-order valence-corrected chi connectivity index (χ3v) is 2.96. The predicted octanol–water partition coefficient (Wildman–Crippen LogP) is 2.72. The van der Waals surface area contributed by atoms with E-state index in [0.717, 1.165) is 6.07 Å². The molecule has 0 fully saturated rings. The second kappa shape index (κ2) is 4.76. The molecule has 0 unspecified atom stereocenters. The fourth-order valence-electron chi connectivity index (χ4n) is 1.96. The lowest BCUT2D eigenvalue weighted by Gasteiger charge is -2.09. The summed E-state index contributed by atoms with van der Waals surface area (Å²) in [6.45, 7) is 0. The summed E-state index contributed by atoms with van der Waals surface area (Å²) in [5, 5.41) is 22.1. The molecule has 0 aliphatic carbocycles. The molecule has 0 atom stereocenters. The lowest BCUT2D eigenvalue weighted by atomic mass is 10.1. The monoisotopic (exact) mass is 309 g/mol. The summed E-state index contributed by atoms with van der Waals surface area (Å²) >= 11 is 0. The number of hydrogen-bond acceptors (Lipinski definition) is 5. The van der Waals surface area contributed by atoms with Crippen LogP contribution in [0.15, 0.2) is 36.7 Å². The highest BCUT2D eigenvalue weighted by atomic mass is 19.4. The first-order chi connectivity index (χ1) is 10.4. The maximum absolute atomic E-state index is 13.0. The van der Waals surface area contributed by atoms with Crippen LogP contribution < -0.4 is 0 Å². The highest BCUT2D eigenvalue weighted by Gasteiger charge is 2.38. The van der Waals surface area contributed by atoms with E-state index in [1.807, 2.05) is 0 Å². The van der Waals surface area contributed by atoms with Gasteiger partial charge in [0.15, 0.2) is 5.65 Å². The summed E-state index contributed by atoms with van der Waals surface area (Å²) in [5.41, 5.74) is -1.56. The minimum Gasteiger partial charge on any atom is -0.258 e. The molecule has 3 aromatic rings. The molecule has 0 spiro atoms. The van der Waals surface area contributed by atoms with Crippen molar-refractivity contribution in [2.75, 3.05) is 0 Å². The van der Waals surface area contributed by atoms with E-state index in [1.54, 1.807) is 0 Å². The minimum atomic E-state index is -4.83. The van der Waals surface area contributed by atoms with Crippen LogP contribution in [0.3, 0.4) is 0 Å². The zero-order valence-electron chi connectivity index (χ0n) is 10.7. The number of nitrogens with zero attached hydrogens (tertiary/aromatic N) is 5. The molecule has 0 N–H and O–H groups in total. The highest BCUT2D eigenvalue weighted by molar-refractivity contribution is 5.64. The molecule has 0 aliphatic rings. The SMILES string of the molecule is O=[N+]([O-])c1ccc(-c2ccc3nncn3n2)cc1C(F)(F)F. The molecule has 10 heteroatoms. The largest absolute Gasteiger partial charge is 0.423 e. The summed E-state index contributed by atoms with van der Waals surface area (Å²) < 4.78 is 40.2. The molecule has 0 radical (unpaired) electrons. The molecule has 22 heavy (non-hydrogen) atoms. The molecule has 0 saturated carbocycles. The zero-order valence-corrected chi connectivity index (χ0v) is 10.7. The number of halogens is 3. The Kier molecular flexibility index (Phi) is 3.01. The van der Waals surface area contributed by atoms with E-state index >= 15 is 0 Å². The number of nitro benzene ring substituents is 1. The van der Waals surface area contributed by atoms with E-state index in [4.69, 9.17) is 0 Å². The fraction of sp³-hybridized carbons (Fsp3) is 0.0833. The first kappa shape index (κ1) is 13.9. The molecule has 7 nitrogen and oxygen atoms in total. The van der Waals surface area contributed by atoms with Crippen LogP contribution in [0, 0.1) is 10.1 Å². The molecular weight excluding hydrogens is 303 g/mol. The maximum atomic E-state index is 13.0. The number of fused-ring (bicyclic) bond motifs is 1. The number of aromatic nitrogens is 4. The van der Waals surface area contributed by atoms with Crippen molar-refractivity contribution in [2.24, 2.45) is 0 Å². The van der Waals surface area contributed by atoms with Crippen molar-refractivity contribution in [2.45, 2.75) is 6.18 Å². The third kappa shape index (κ3) is 2.34. The topological polar surface area (TPSA) is 86.2 Å². The van der Waals surface area contributed by atoms with Gasteiger partial charge in [0.25, 0.3) is 5.69 Å². The lowest BCUT2D eigenvalue weighted by molar-refractivity contribution is -0.388. The second-order valence-electron chi connectivity index (χ2n) is 4.34. The number of alkyl halides is 3. The third-order valence-electron chi connectivity index (χ3n) is 2.96. The van der Waals surface area contributed by atoms with Crippen LogP contribution >= 0.6 is 0 Å². The van der Waals surface area contributed by atoms with Crippen molar-refractivity contribution in [3.63, 3.8) is 0 Å². The Morgan fingerprint density at radius 2 is 1.95 bits per heavy atom. The Bertz CT molecular complexity index is 875. The van der Waals surface area contributed by atoms with Crippen molar-refractivity contribution in [3.8, 4) is 11.3 Å². The fourth-order valence-corrected chi connectivity index (χ4v) is 1.96. The highest BCUT2D eigenvalue weighted by Crippen LogP contribution is 2.38. The van der Waals surface area contributed by atoms with Gasteiger partial charge < -0.3 is 0 Å². The van der Waals surface area contributed by atoms with Gasteiger partial charge in [-0.2, -0.15) is 22.8 Å². The van der Waals surface area contributed by atoms with E-state index in [1.165, 1.54) is 29.0 Å². The normalized spacial score (nSPS) is 11.8. The van der Waals surface area contributed by atoms with E-state index in [0.29, 0.717) is 11.7 Å². The Morgan fingerprint density at radius 3 is 2.64 bits per heavy atom. The van der Waals surface area contributed by atoms with Crippen LogP contribution in [0.1, 0.15) is 5.56 Å². The molecule has 2 heterocycles. The van der Waals surface area contributed by atoms with Gasteiger partial charge in [0, 0.05) is 11.6 Å². The molecule has 0 amide bonds. The first-order valence-corrected chi connectivity index (χ1v) is 5.89. The molecular formula is C12H6F3N5O2. The van der Waals surface area contributed by atoms with Crippen LogP contribution in [0.25, 0.3) is 16.9 Å². The van der Waals surface area contributed by atoms with Crippen molar-refractivity contribution >= 4 is 11.3 Å². The Labute approximate surface area is 120 Å². The van der Waals surface area contributed by atoms with Crippen molar-refractivity contribution in [1.29, 1.82) is 0 Å². The van der Waals surface area contributed by atoms with Gasteiger partial charge >= 0.3 is 6.18 Å². The van der Waals surface area contributed by atoms with E-state index in [-0.39, 0.29) is 11.3 Å². The van der Waals surface area contributed by atoms with Gasteiger partial charge in [-0.1, -0.05) is 0 Å². The number of benzene rings is 1. The van der Waals surface area contributed by atoms with Gasteiger partial charge in [-0.05, 0) is 24.3 Å². The number of nitro groups is 1. The van der Waals surface area contributed by atoms with E-state index < -0.39 is 22.4 Å². The Morgan fingerprint density at radius 1 is 1.18 bits per heavy atom. The summed E-state index contributed by atoms with van der Waals surface area (Å²) in [6, 6.07) is 5.73. The average molecular weight is 309 g/mol. The number of hydrogen-bond donors (Lipinski definition) is 0. The predicted molar refractivity (Wildman–Crippen MR) is 67.9 cm³/mol.